The van der Waals surface area contributed by atoms with Gasteiger partial charge in [0.2, 0.25) is 0 Å². The van der Waals surface area contributed by atoms with Crippen molar-refractivity contribution in [3.8, 4) is 0 Å². The van der Waals surface area contributed by atoms with Crippen LogP contribution >= 0.6 is 0 Å². The number of halogens is 2. The summed E-state index contributed by atoms with van der Waals surface area (Å²) in [7, 11) is 1.13. The first-order valence-electron chi connectivity index (χ1n) is 4.92. The number of esters is 1. The van der Waals surface area contributed by atoms with E-state index in [1.54, 1.807) is 0 Å². The van der Waals surface area contributed by atoms with Crippen LogP contribution in [0, 0.1) is 0 Å². The van der Waals surface area contributed by atoms with Crippen LogP contribution in [0.1, 0.15) is 6.42 Å². The van der Waals surface area contributed by atoms with E-state index < -0.39 is 37.2 Å². The van der Waals surface area contributed by atoms with Gasteiger partial charge in [-0.2, -0.15) is 0 Å². The Balaban J connectivity index is 2.59. The third-order valence-corrected chi connectivity index (χ3v) is 2.44. The minimum atomic E-state index is -2.62. The first-order valence-corrected chi connectivity index (χ1v) is 4.92. The predicted molar refractivity (Wildman–Crippen MR) is 50.9 cm³/mol. The van der Waals surface area contributed by atoms with Crippen molar-refractivity contribution in [2.75, 3.05) is 20.3 Å². The van der Waals surface area contributed by atoms with E-state index in [1.807, 2.05) is 0 Å². The Morgan fingerprint density at radius 3 is 2.65 bits per heavy atom. The number of likely N-dealkylation sites (tertiary alicyclic amines) is 1. The monoisotopic (exact) mass is 253 g/mol. The van der Waals surface area contributed by atoms with Crippen molar-refractivity contribution < 1.29 is 33.0 Å². The number of hydrogen-bond acceptors (Lipinski definition) is 4. The minimum Gasteiger partial charge on any atom is -0.467 e. The van der Waals surface area contributed by atoms with Crippen molar-refractivity contribution in [3.63, 3.8) is 0 Å². The second kappa shape index (κ2) is 5.76. The number of carboxylic acid groups (broad SMARTS) is 1. The normalized spacial score (nSPS) is 24.1. The van der Waals surface area contributed by atoms with Gasteiger partial charge in [0.25, 0.3) is 6.43 Å². The van der Waals surface area contributed by atoms with Crippen LogP contribution in [0.5, 0.6) is 0 Å². The molecule has 0 aliphatic carbocycles. The Labute approximate surface area is 96.1 Å². The highest BCUT2D eigenvalue weighted by Crippen LogP contribution is 2.22. The smallest absolute Gasteiger partial charge is 0.408 e. The molecule has 1 N–H and O–H groups in total. The van der Waals surface area contributed by atoms with Crippen molar-refractivity contribution >= 4 is 12.1 Å². The zero-order valence-corrected chi connectivity index (χ0v) is 9.14. The molecule has 8 heteroatoms. The highest BCUT2D eigenvalue weighted by atomic mass is 19.3. The van der Waals surface area contributed by atoms with Gasteiger partial charge in [-0.3, -0.25) is 4.90 Å². The zero-order valence-electron chi connectivity index (χ0n) is 9.14. The molecule has 0 bridgehead atoms. The number of amides is 1. The average molecular weight is 253 g/mol. The topological polar surface area (TPSA) is 76.1 Å². The number of nitrogens with zero attached hydrogens (tertiary/aromatic N) is 1. The molecule has 2 unspecified atom stereocenters. The molecule has 1 heterocycles. The van der Waals surface area contributed by atoms with E-state index in [0.717, 1.165) is 12.0 Å². The predicted octanol–water partition coefficient (Wildman–Crippen LogP) is 0.562. The van der Waals surface area contributed by atoms with Crippen LogP contribution in [-0.2, 0) is 14.3 Å². The van der Waals surface area contributed by atoms with Gasteiger partial charge in [-0.1, -0.05) is 0 Å². The summed E-state index contributed by atoms with van der Waals surface area (Å²) >= 11 is 0. The Morgan fingerprint density at radius 2 is 2.18 bits per heavy atom. The molecule has 1 fully saturated rings. The number of ether oxygens (including phenoxy) is 2. The maximum Gasteiger partial charge on any atom is 0.408 e. The van der Waals surface area contributed by atoms with Crippen LogP contribution in [0.3, 0.4) is 0 Å². The van der Waals surface area contributed by atoms with Gasteiger partial charge in [-0.05, 0) is 0 Å². The minimum absolute atomic E-state index is 0.0334. The third kappa shape index (κ3) is 3.52. The summed E-state index contributed by atoms with van der Waals surface area (Å²) in [6.07, 6.45) is -4.59. The number of carbonyl (C=O) groups excluding carboxylic acids is 1. The standard InChI is InChI=1S/C9H13F2NO5/c1-16-8(13)6-2-5(17-4-7(10)11)3-12(6)9(14)15/h5-7H,2-4H2,1H3,(H,14,15). The quantitative estimate of drug-likeness (QED) is 0.741. The van der Waals surface area contributed by atoms with Crippen molar-refractivity contribution in [2.45, 2.75) is 25.0 Å². The Bertz CT molecular complexity index is 299. The van der Waals surface area contributed by atoms with Crippen LogP contribution < -0.4 is 0 Å². The van der Waals surface area contributed by atoms with Gasteiger partial charge in [0.1, 0.15) is 12.6 Å². The molecule has 0 radical (unpaired) electrons. The second-order valence-electron chi connectivity index (χ2n) is 3.56. The fourth-order valence-electron chi connectivity index (χ4n) is 1.70. The molecule has 0 aromatic carbocycles. The molecule has 0 aromatic rings. The number of hydrogen-bond donors (Lipinski definition) is 1. The lowest BCUT2D eigenvalue weighted by Crippen LogP contribution is -2.40. The highest BCUT2D eigenvalue weighted by Gasteiger charge is 2.41. The Morgan fingerprint density at radius 1 is 1.53 bits per heavy atom. The summed E-state index contributed by atoms with van der Waals surface area (Å²) in [5.74, 6) is -0.712. The third-order valence-electron chi connectivity index (χ3n) is 2.44. The summed E-state index contributed by atoms with van der Waals surface area (Å²) in [5, 5.41) is 8.84. The fourth-order valence-corrected chi connectivity index (χ4v) is 1.70. The zero-order chi connectivity index (χ0) is 13.0. The molecule has 1 rings (SSSR count). The van der Waals surface area contributed by atoms with E-state index in [1.165, 1.54) is 0 Å². The summed E-state index contributed by atoms with van der Waals surface area (Å²) in [6.45, 7) is -0.881. The van der Waals surface area contributed by atoms with Gasteiger partial charge in [0.15, 0.2) is 0 Å². The van der Waals surface area contributed by atoms with E-state index in [2.05, 4.69) is 4.74 Å². The van der Waals surface area contributed by atoms with Crippen LogP contribution in [0.15, 0.2) is 0 Å². The molecular formula is C9H13F2NO5. The van der Waals surface area contributed by atoms with Crippen molar-refractivity contribution in [1.82, 2.24) is 4.90 Å². The van der Waals surface area contributed by atoms with E-state index in [-0.39, 0.29) is 13.0 Å². The Hall–Kier alpha value is -1.44. The molecule has 1 aliphatic heterocycles. The van der Waals surface area contributed by atoms with Crippen LogP contribution in [0.2, 0.25) is 0 Å². The molecule has 2 atom stereocenters. The summed E-state index contributed by atoms with van der Waals surface area (Å²) < 4.78 is 33.1. The number of carbonyl (C=O) groups is 2. The van der Waals surface area contributed by atoms with Gasteiger partial charge in [-0.15, -0.1) is 0 Å². The molecule has 1 saturated heterocycles. The molecule has 17 heavy (non-hydrogen) atoms. The summed E-state index contributed by atoms with van der Waals surface area (Å²) in [5.41, 5.74) is 0. The lowest BCUT2D eigenvalue weighted by molar-refractivity contribution is -0.145. The van der Waals surface area contributed by atoms with Gasteiger partial charge in [0, 0.05) is 6.42 Å². The fraction of sp³-hybridized carbons (Fsp3) is 0.778. The maximum atomic E-state index is 11.9. The van der Waals surface area contributed by atoms with Crippen LogP contribution in [0.4, 0.5) is 13.6 Å². The molecule has 1 amide bonds. The number of rotatable bonds is 4. The van der Waals surface area contributed by atoms with Crippen molar-refractivity contribution in [3.05, 3.63) is 0 Å². The number of alkyl halides is 2. The molecule has 1 aliphatic rings. The number of methoxy groups -OCH3 is 1. The highest BCUT2D eigenvalue weighted by molar-refractivity contribution is 5.81. The van der Waals surface area contributed by atoms with Gasteiger partial charge in [-0.25, -0.2) is 18.4 Å². The first-order chi connectivity index (χ1) is 7.95. The molecular weight excluding hydrogens is 240 g/mol. The average Bonchev–Trinajstić information content (AvgIpc) is 2.69. The Kier molecular flexibility index (Phi) is 4.62. The lowest BCUT2D eigenvalue weighted by Gasteiger charge is -2.18. The first kappa shape index (κ1) is 13.6. The molecule has 98 valence electrons. The van der Waals surface area contributed by atoms with E-state index in [0.29, 0.717) is 0 Å². The molecule has 0 aromatic heterocycles. The van der Waals surface area contributed by atoms with Crippen molar-refractivity contribution in [2.24, 2.45) is 0 Å². The summed E-state index contributed by atoms with van der Waals surface area (Å²) in [4.78, 5) is 22.9. The van der Waals surface area contributed by atoms with E-state index in [9.17, 15) is 18.4 Å². The van der Waals surface area contributed by atoms with E-state index in [4.69, 9.17) is 9.84 Å². The van der Waals surface area contributed by atoms with Crippen LogP contribution in [0.25, 0.3) is 0 Å². The largest absolute Gasteiger partial charge is 0.467 e. The van der Waals surface area contributed by atoms with E-state index >= 15 is 0 Å². The molecule has 6 nitrogen and oxygen atoms in total. The second-order valence-corrected chi connectivity index (χ2v) is 3.56. The van der Waals surface area contributed by atoms with Gasteiger partial charge in [0.05, 0.1) is 19.8 Å². The van der Waals surface area contributed by atoms with Gasteiger partial charge < -0.3 is 14.6 Å². The maximum absolute atomic E-state index is 11.9. The van der Waals surface area contributed by atoms with Crippen molar-refractivity contribution in [1.29, 1.82) is 0 Å². The SMILES string of the molecule is COC(=O)C1CC(OCC(F)F)CN1C(=O)O. The summed E-state index contributed by atoms with van der Waals surface area (Å²) in [6, 6.07) is -0.986. The van der Waals surface area contributed by atoms with Gasteiger partial charge >= 0.3 is 12.1 Å². The molecule has 0 spiro atoms. The molecule has 0 saturated carbocycles. The lowest BCUT2D eigenvalue weighted by atomic mass is 10.2. The van der Waals surface area contributed by atoms with Crippen LogP contribution in [-0.4, -0.2) is 60.9 Å².